The SMILES string of the molecule is CC[C@H](C(=O)N1CCN(c2ccc(NC(=O)c3cccs3)cc2C(=O)NCc2ccc(F)cc2)CC1)c1ccccc1. The van der Waals surface area contributed by atoms with E-state index >= 15 is 0 Å². The number of hydrogen-bond acceptors (Lipinski definition) is 5. The third-order valence-corrected chi connectivity index (χ3v) is 8.32. The van der Waals surface area contributed by atoms with Crippen molar-refractivity contribution in [2.75, 3.05) is 36.4 Å². The van der Waals surface area contributed by atoms with Crippen LogP contribution in [0.3, 0.4) is 0 Å². The van der Waals surface area contributed by atoms with E-state index in [1.54, 1.807) is 30.3 Å². The van der Waals surface area contributed by atoms with Crippen LogP contribution in [0.25, 0.3) is 0 Å². The summed E-state index contributed by atoms with van der Waals surface area (Å²) in [5.41, 5.74) is 3.43. The third-order valence-electron chi connectivity index (χ3n) is 7.45. The van der Waals surface area contributed by atoms with Gasteiger partial charge < -0.3 is 20.4 Å². The van der Waals surface area contributed by atoms with Crippen molar-refractivity contribution < 1.29 is 18.8 Å². The summed E-state index contributed by atoms with van der Waals surface area (Å²) in [5.74, 6) is -0.959. The number of benzene rings is 3. The van der Waals surface area contributed by atoms with E-state index in [1.807, 2.05) is 59.7 Å². The fourth-order valence-corrected chi connectivity index (χ4v) is 5.80. The van der Waals surface area contributed by atoms with Crippen LogP contribution in [0.5, 0.6) is 0 Å². The summed E-state index contributed by atoms with van der Waals surface area (Å²) in [7, 11) is 0. The second-order valence-electron chi connectivity index (χ2n) is 10.2. The highest BCUT2D eigenvalue weighted by molar-refractivity contribution is 7.12. The summed E-state index contributed by atoms with van der Waals surface area (Å²) in [6.45, 7) is 4.46. The molecule has 5 rings (SSSR count). The van der Waals surface area contributed by atoms with Gasteiger partial charge in [0, 0.05) is 44.1 Å². The predicted octanol–water partition coefficient (Wildman–Crippen LogP) is 5.91. The van der Waals surface area contributed by atoms with E-state index in [9.17, 15) is 18.8 Å². The molecule has 1 aliphatic rings. The fourth-order valence-electron chi connectivity index (χ4n) is 5.18. The Labute approximate surface area is 249 Å². The zero-order valence-corrected chi connectivity index (χ0v) is 24.2. The molecule has 9 heteroatoms. The van der Waals surface area contributed by atoms with Gasteiger partial charge in [-0.1, -0.05) is 55.5 Å². The molecule has 7 nitrogen and oxygen atoms in total. The summed E-state index contributed by atoms with van der Waals surface area (Å²) in [6.07, 6.45) is 0.722. The molecule has 1 atom stereocenters. The van der Waals surface area contributed by atoms with Gasteiger partial charge in [-0.2, -0.15) is 0 Å². The number of thiophene rings is 1. The number of piperazine rings is 1. The van der Waals surface area contributed by atoms with Crippen LogP contribution in [0.4, 0.5) is 15.8 Å². The molecule has 1 aromatic heterocycles. The number of rotatable bonds is 9. The van der Waals surface area contributed by atoms with Crippen molar-refractivity contribution in [1.82, 2.24) is 10.2 Å². The number of nitrogens with zero attached hydrogens (tertiary/aromatic N) is 2. The maximum absolute atomic E-state index is 13.5. The van der Waals surface area contributed by atoms with Crippen LogP contribution in [0.1, 0.15) is 50.4 Å². The van der Waals surface area contributed by atoms with E-state index in [1.165, 1.54) is 23.5 Å². The highest BCUT2D eigenvalue weighted by atomic mass is 32.1. The summed E-state index contributed by atoms with van der Waals surface area (Å²) >= 11 is 1.34. The molecule has 216 valence electrons. The molecule has 0 radical (unpaired) electrons. The minimum absolute atomic E-state index is 0.118. The molecule has 4 aromatic rings. The lowest BCUT2D eigenvalue weighted by molar-refractivity contribution is -0.133. The lowest BCUT2D eigenvalue weighted by atomic mass is 9.94. The van der Waals surface area contributed by atoms with Crippen LogP contribution in [-0.2, 0) is 11.3 Å². The van der Waals surface area contributed by atoms with Crippen molar-refractivity contribution in [3.8, 4) is 0 Å². The van der Waals surface area contributed by atoms with Gasteiger partial charge in [0.25, 0.3) is 11.8 Å². The first-order valence-electron chi connectivity index (χ1n) is 14.0. The Morgan fingerprint density at radius 1 is 0.881 bits per heavy atom. The summed E-state index contributed by atoms with van der Waals surface area (Å²) in [4.78, 5) is 44.2. The van der Waals surface area contributed by atoms with Crippen LogP contribution in [0.15, 0.2) is 90.3 Å². The summed E-state index contributed by atoms with van der Waals surface area (Å²) in [5, 5.41) is 7.64. The smallest absolute Gasteiger partial charge is 0.265 e. The first-order chi connectivity index (χ1) is 20.4. The van der Waals surface area contributed by atoms with Crippen LogP contribution >= 0.6 is 11.3 Å². The Balaban J connectivity index is 1.32. The van der Waals surface area contributed by atoms with E-state index in [4.69, 9.17) is 0 Å². The van der Waals surface area contributed by atoms with E-state index in [2.05, 4.69) is 15.5 Å². The van der Waals surface area contributed by atoms with Crippen molar-refractivity contribution in [1.29, 1.82) is 0 Å². The Bertz CT molecular complexity index is 1520. The first-order valence-corrected chi connectivity index (χ1v) is 14.9. The second kappa shape index (κ2) is 13.4. The molecule has 2 N–H and O–H groups in total. The van der Waals surface area contributed by atoms with Crippen molar-refractivity contribution >= 4 is 40.4 Å². The molecular formula is C33H33FN4O3S. The van der Waals surface area contributed by atoms with Gasteiger partial charge in [-0.3, -0.25) is 14.4 Å². The number of carbonyl (C=O) groups is 3. The molecule has 0 saturated carbocycles. The highest BCUT2D eigenvalue weighted by Crippen LogP contribution is 2.28. The molecule has 1 saturated heterocycles. The van der Waals surface area contributed by atoms with Gasteiger partial charge >= 0.3 is 0 Å². The zero-order valence-electron chi connectivity index (χ0n) is 23.4. The number of anilines is 2. The van der Waals surface area contributed by atoms with Gasteiger partial charge in [-0.05, 0) is 59.3 Å². The van der Waals surface area contributed by atoms with Gasteiger partial charge in [0.1, 0.15) is 5.82 Å². The van der Waals surface area contributed by atoms with Crippen LogP contribution in [-0.4, -0.2) is 48.8 Å². The zero-order chi connectivity index (χ0) is 29.5. The van der Waals surface area contributed by atoms with Crippen LogP contribution in [0, 0.1) is 5.82 Å². The molecule has 3 aromatic carbocycles. The van der Waals surface area contributed by atoms with Crippen molar-refractivity contribution in [3.05, 3.63) is 118 Å². The normalized spacial score (nSPS) is 13.9. The molecule has 0 spiro atoms. The molecular weight excluding hydrogens is 551 g/mol. The molecule has 2 heterocycles. The molecule has 1 aliphatic heterocycles. The number of carbonyl (C=O) groups excluding carboxylic acids is 3. The Kier molecular flexibility index (Phi) is 9.28. The standard InChI is InChI=1S/C33H33FN4O3S/c1-2-27(24-7-4-3-5-8-24)33(41)38-18-16-37(17-19-38)29-15-14-26(36-32(40)30-9-6-20-42-30)21-28(29)31(39)35-22-23-10-12-25(34)13-11-23/h3-15,20-21,27H,2,16-19,22H2,1H3,(H,35,39)(H,36,40)/t27-/m0/s1. The van der Waals surface area contributed by atoms with E-state index in [-0.39, 0.29) is 36.0 Å². The van der Waals surface area contributed by atoms with E-state index in [0.29, 0.717) is 42.3 Å². The summed E-state index contributed by atoms with van der Waals surface area (Å²) in [6, 6.07) is 24.7. The first kappa shape index (κ1) is 29.0. The fraction of sp³-hybridized carbons (Fsp3) is 0.242. The van der Waals surface area contributed by atoms with Crippen LogP contribution < -0.4 is 15.5 Å². The summed E-state index contributed by atoms with van der Waals surface area (Å²) < 4.78 is 13.3. The molecule has 3 amide bonds. The minimum atomic E-state index is -0.340. The number of amides is 3. The third kappa shape index (κ3) is 6.86. The highest BCUT2D eigenvalue weighted by Gasteiger charge is 2.29. The maximum Gasteiger partial charge on any atom is 0.265 e. The number of halogens is 1. The molecule has 0 bridgehead atoms. The van der Waals surface area contributed by atoms with Crippen LogP contribution in [0.2, 0.25) is 0 Å². The van der Waals surface area contributed by atoms with Crippen molar-refractivity contribution in [2.24, 2.45) is 0 Å². The predicted molar refractivity (Wildman–Crippen MR) is 165 cm³/mol. The lowest BCUT2D eigenvalue weighted by Gasteiger charge is -2.38. The van der Waals surface area contributed by atoms with Gasteiger partial charge in [-0.25, -0.2) is 4.39 Å². The van der Waals surface area contributed by atoms with Gasteiger partial charge in [-0.15, -0.1) is 11.3 Å². The molecule has 1 fully saturated rings. The van der Waals surface area contributed by atoms with E-state index < -0.39 is 0 Å². The van der Waals surface area contributed by atoms with Gasteiger partial charge in [0.2, 0.25) is 5.91 Å². The Morgan fingerprint density at radius 3 is 2.29 bits per heavy atom. The van der Waals surface area contributed by atoms with Gasteiger partial charge in [0.15, 0.2) is 0 Å². The number of nitrogens with one attached hydrogen (secondary N) is 2. The van der Waals surface area contributed by atoms with E-state index in [0.717, 1.165) is 23.2 Å². The quantitative estimate of drug-likeness (QED) is 0.256. The second-order valence-corrected chi connectivity index (χ2v) is 11.1. The Hall–Kier alpha value is -4.50. The topological polar surface area (TPSA) is 81.8 Å². The van der Waals surface area contributed by atoms with Crippen molar-refractivity contribution in [2.45, 2.75) is 25.8 Å². The number of hydrogen-bond donors (Lipinski definition) is 2. The minimum Gasteiger partial charge on any atom is -0.367 e. The lowest BCUT2D eigenvalue weighted by Crippen LogP contribution is -2.50. The average Bonchev–Trinajstić information content (AvgIpc) is 3.57. The monoisotopic (exact) mass is 584 g/mol. The average molecular weight is 585 g/mol. The Morgan fingerprint density at radius 2 is 1.62 bits per heavy atom. The van der Waals surface area contributed by atoms with Crippen molar-refractivity contribution in [3.63, 3.8) is 0 Å². The maximum atomic E-state index is 13.5. The van der Waals surface area contributed by atoms with Gasteiger partial charge in [0.05, 0.1) is 16.4 Å². The molecule has 0 unspecified atom stereocenters. The molecule has 0 aliphatic carbocycles. The molecule has 42 heavy (non-hydrogen) atoms. The largest absolute Gasteiger partial charge is 0.367 e.